The standard InChI is InChI=1S/C16H15FO2/c1-11-7-8-14(17)13(9-11)15(18)10-12-5-3-4-6-16(12)19-2/h3-9H,10H2,1-2H3. The van der Waals surface area contributed by atoms with Crippen molar-refractivity contribution >= 4 is 5.78 Å². The van der Waals surface area contributed by atoms with E-state index in [9.17, 15) is 9.18 Å². The Kier molecular flexibility index (Phi) is 3.95. The first kappa shape index (κ1) is 13.3. The second kappa shape index (κ2) is 5.65. The van der Waals surface area contributed by atoms with Crippen LogP contribution >= 0.6 is 0 Å². The Morgan fingerprint density at radius 2 is 1.95 bits per heavy atom. The lowest BCUT2D eigenvalue weighted by Crippen LogP contribution is -2.07. The van der Waals surface area contributed by atoms with E-state index in [0.29, 0.717) is 5.75 Å². The molecule has 0 saturated carbocycles. The molecule has 0 N–H and O–H groups in total. The fourth-order valence-corrected chi connectivity index (χ4v) is 1.97. The third-order valence-corrected chi connectivity index (χ3v) is 2.97. The van der Waals surface area contributed by atoms with E-state index in [1.807, 2.05) is 25.1 Å². The number of carbonyl (C=O) groups is 1. The van der Waals surface area contributed by atoms with Crippen molar-refractivity contribution in [3.8, 4) is 5.75 Å². The molecule has 0 bridgehead atoms. The number of para-hydroxylation sites is 1. The van der Waals surface area contributed by atoms with Gasteiger partial charge in [-0.15, -0.1) is 0 Å². The van der Waals surface area contributed by atoms with Crippen molar-refractivity contribution in [2.45, 2.75) is 13.3 Å². The number of Topliss-reactive ketones (excluding diaryl/α,β-unsaturated/α-hetero) is 1. The lowest BCUT2D eigenvalue weighted by atomic mass is 10.0. The fourth-order valence-electron chi connectivity index (χ4n) is 1.97. The van der Waals surface area contributed by atoms with Gasteiger partial charge in [-0.3, -0.25) is 4.79 Å². The van der Waals surface area contributed by atoms with Gasteiger partial charge in [0, 0.05) is 12.0 Å². The zero-order chi connectivity index (χ0) is 13.8. The van der Waals surface area contributed by atoms with Crippen LogP contribution in [0.3, 0.4) is 0 Å². The molecule has 2 rings (SSSR count). The van der Waals surface area contributed by atoms with Crippen molar-refractivity contribution < 1.29 is 13.9 Å². The number of rotatable bonds is 4. The number of hydrogen-bond acceptors (Lipinski definition) is 2. The summed E-state index contributed by atoms with van der Waals surface area (Å²) in [6.07, 6.45) is 0.129. The van der Waals surface area contributed by atoms with Crippen LogP contribution in [-0.2, 0) is 6.42 Å². The molecule has 0 aromatic heterocycles. The molecule has 19 heavy (non-hydrogen) atoms. The summed E-state index contributed by atoms with van der Waals surface area (Å²) in [6.45, 7) is 1.83. The molecule has 0 fully saturated rings. The lowest BCUT2D eigenvalue weighted by molar-refractivity contribution is 0.0988. The molecule has 0 radical (unpaired) electrons. The molecule has 98 valence electrons. The number of ketones is 1. The zero-order valence-electron chi connectivity index (χ0n) is 10.9. The van der Waals surface area contributed by atoms with Gasteiger partial charge in [0.1, 0.15) is 11.6 Å². The van der Waals surface area contributed by atoms with Crippen molar-refractivity contribution in [1.29, 1.82) is 0 Å². The smallest absolute Gasteiger partial charge is 0.170 e. The molecule has 2 nitrogen and oxygen atoms in total. The van der Waals surface area contributed by atoms with E-state index >= 15 is 0 Å². The van der Waals surface area contributed by atoms with Crippen LogP contribution in [0.1, 0.15) is 21.5 Å². The molecule has 0 heterocycles. The maximum atomic E-state index is 13.7. The first-order chi connectivity index (χ1) is 9.11. The average Bonchev–Trinajstić information content (AvgIpc) is 2.42. The van der Waals surface area contributed by atoms with Gasteiger partial charge >= 0.3 is 0 Å². The van der Waals surface area contributed by atoms with Gasteiger partial charge in [0.05, 0.1) is 12.7 Å². The molecule has 2 aromatic rings. The van der Waals surface area contributed by atoms with Gasteiger partial charge in [-0.05, 0) is 25.1 Å². The summed E-state index contributed by atoms with van der Waals surface area (Å²) in [5.41, 5.74) is 1.76. The van der Waals surface area contributed by atoms with Gasteiger partial charge in [-0.2, -0.15) is 0 Å². The van der Waals surface area contributed by atoms with Gasteiger partial charge < -0.3 is 4.74 Å². The van der Waals surface area contributed by atoms with Crippen LogP contribution in [0.4, 0.5) is 4.39 Å². The van der Waals surface area contributed by atoms with Gasteiger partial charge in [0.2, 0.25) is 0 Å². The summed E-state index contributed by atoms with van der Waals surface area (Å²) in [6, 6.07) is 11.8. The predicted octanol–water partition coefficient (Wildman–Crippen LogP) is 3.57. The molecular weight excluding hydrogens is 243 g/mol. The van der Waals surface area contributed by atoms with Crippen molar-refractivity contribution in [2.24, 2.45) is 0 Å². The quantitative estimate of drug-likeness (QED) is 0.784. The number of ether oxygens (including phenoxy) is 1. The van der Waals surface area contributed by atoms with Crippen LogP contribution in [0, 0.1) is 12.7 Å². The van der Waals surface area contributed by atoms with Crippen LogP contribution in [0.15, 0.2) is 42.5 Å². The molecular formula is C16H15FO2. The van der Waals surface area contributed by atoms with E-state index in [0.717, 1.165) is 11.1 Å². The highest BCUT2D eigenvalue weighted by Crippen LogP contribution is 2.20. The minimum absolute atomic E-state index is 0.129. The Hall–Kier alpha value is -2.16. The summed E-state index contributed by atoms with van der Waals surface area (Å²) >= 11 is 0. The number of benzene rings is 2. The van der Waals surface area contributed by atoms with Crippen molar-refractivity contribution in [3.05, 3.63) is 65.0 Å². The Balaban J connectivity index is 2.28. The Morgan fingerprint density at radius 1 is 1.21 bits per heavy atom. The molecule has 0 spiro atoms. The normalized spacial score (nSPS) is 10.3. The molecule has 0 aliphatic carbocycles. The Labute approximate surface area is 111 Å². The van der Waals surface area contributed by atoms with E-state index in [1.54, 1.807) is 25.3 Å². The predicted molar refractivity (Wildman–Crippen MR) is 72.2 cm³/mol. The largest absolute Gasteiger partial charge is 0.496 e. The molecule has 3 heteroatoms. The van der Waals surface area contributed by atoms with E-state index in [2.05, 4.69) is 0 Å². The SMILES string of the molecule is COc1ccccc1CC(=O)c1cc(C)ccc1F. The van der Waals surface area contributed by atoms with Crippen molar-refractivity contribution in [1.82, 2.24) is 0 Å². The highest BCUT2D eigenvalue weighted by atomic mass is 19.1. The highest BCUT2D eigenvalue weighted by Gasteiger charge is 2.14. The van der Waals surface area contributed by atoms with Gasteiger partial charge in [0.25, 0.3) is 0 Å². The van der Waals surface area contributed by atoms with Gasteiger partial charge in [-0.1, -0.05) is 29.8 Å². The van der Waals surface area contributed by atoms with Crippen molar-refractivity contribution in [2.75, 3.05) is 7.11 Å². The van der Waals surface area contributed by atoms with Crippen LogP contribution in [0.5, 0.6) is 5.75 Å². The Morgan fingerprint density at radius 3 is 2.68 bits per heavy atom. The summed E-state index contributed by atoms with van der Waals surface area (Å²) < 4.78 is 18.8. The molecule has 0 amide bonds. The molecule has 0 atom stereocenters. The number of methoxy groups -OCH3 is 1. The van der Waals surface area contributed by atoms with Crippen LogP contribution in [0.25, 0.3) is 0 Å². The minimum atomic E-state index is -0.481. The Bertz CT molecular complexity index is 605. The van der Waals surface area contributed by atoms with E-state index < -0.39 is 5.82 Å². The molecule has 0 unspecified atom stereocenters. The van der Waals surface area contributed by atoms with Gasteiger partial charge in [-0.25, -0.2) is 4.39 Å². The summed E-state index contributed by atoms with van der Waals surface area (Å²) in [7, 11) is 1.55. The van der Waals surface area contributed by atoms with Gasteiger partial charge in [0.15, 0.2) is 5.78 Å². The maximum Gasteiger partial charge on any atom is 0.170 e. The minimum Gasteiger partial charge on any atom is -0.496 e. The third kappa shape index (κ3) is 2.99. The summed E-state index contributed by atoms with van der Waals surface area (Å²) in [4.78, 5) is 12.2. The first-order valence-corrected chi connectivity index (χ1v) is 6.03. The lowest BCUT2D eigenvalue weighted by Gasteiger charge is -2.08. The number of carbonyl (C=O) groups excluding carboxylic acids is 1. The summed E-state index contributed by atoms with van der Waals surface area (Å²) in [5.74, 6) is -0.0832. The zero-order valence-corrected chi connectivity index (χ0v) is 10.9. The van der Waals surface area contributed by atoms with Crippen LogP contribution in [-0.4, -0.2) is 12.9 Å². The molecule has 0 aliphatic rings. The van der Waals surface area contributed by atoms with Crippen LogP contribution < -0.4 is 4.74 Å². The van der Waals surface area contributed by atoms with E-state index in [-0.39, 0.29) is 17.8 Å². The second-order valence-corrected chi connectivity index (χ2v) is 4.40. The first-order valence-electron chi connectivity index (χ1n) is 6.03. The molecule has 0 aliphatic heterocycles. The third-order valence-electron chi connectivity index (χ3n) is 2.97. The number of hydrogen-bond donors (Lipinski definition) is 0. The fraction of sp³-hybridized carbons (Fsp3) is 0.188. The number of halogens is 1. The summed E-state index contributed by atoms with van der Waals surface area (Å²) in [5, 5.41) is 0. The number of aryl methyl sites for hydroxylation is 1. The van der Waals surface area contributed by atoms with E-state index in [1.165, 1.54) is 6.07 Å². The van der Waals surface area contributed by atoms with Crippen LogP contribution in [0.2, 0.25) is 0 Å². The maximum absolute atomic E-state index is 13.7. The topological polar surface area (TPSA) is 26.3 Å². The highest BCUT2D eigenvalue weighted by molar-refractivity contribution is 5.98. The molecule has 0 saturated heterocycles. The second-order valence-electron chi connectivity index (χ2n) is 4.40. The van der Waals surface area contributed by atoms with E-state index in [4.69, 9.17) is 4.74 Å². The monoisotopic (exact) mass is 258 g/mol. The average molecular weight is 258 g/mol. The molecule has 2 aromatic carbocycles. The van der Waals surface area contributed by atoms with Crippen molar-refractivity contribution in [3.63, 3.8) is 0 Å².